The lowest BCUT2D eigenvalue weighted by Crippen LogP contribution is -2.39. The summed E-state index contributed by atoms with van der Waals surface area (Å²) in [5.41, 5.74) is 0.850. The number of fused-ring (bicyclic) bond motifs is 1. The first kappa shape index (κ1) is 26.6. The molecule has 0 N–H and O–H groups in total. The lowest BCUT2D eigenvalue weighted by Gasteiger charge is -2.30. The van der Waals surface area contributed by atoms with Crippen molar-refractivity contribution in [1.29, 1.82) is 0 Å². The van der Waals surface area contributed by atoms with Gasteiger partial charge in [0.2, 0.25) is 26.8 Å². The van der Waals surface area contributed by atoms with E-state index in [0.29, 0.717) is 30.2 Å². The van der Waals surface area contributed by atoms with Crippen LogP contribution in [0.4, 0.5) is 4.39 Å². The fourth-order valence-electron chi connectivity index (χ4n) is 4.73. The average molecular weight is 561 g/mol. The molecule has 202 valence electrons. The summed E-state index contributed by atoms with van der Waals surface area (Å²) >= 11 is 0. The zero-order chi connectivity index (χ0) is 26.9. The second-order valence-corrected chi connectivity index (χ2v) is 13.5. The highest BCUT2D eigenvalue weighted by atomic mass is 32.2. The molecular formula is C27H29FN2O6S2. The normalized spacial score (nSPS) is 18.1. The van der Waals surface area contributed by atoms with Crippen LogP contribution in [0.5, 0.6) is 11.5 Å². The molecular weight excluding hydrogens is 531 g/mol. The number of sulfonamides is 2. The highest BCUT2D eigenvalue weighted by Gasteiger charge is 2.31. The van der Waals surface area contributed by atoms with Gasteiger partial charge in [0.1, 0.15) is 5.82 Å². The van der Waals surface area contributed by atoms with Crippen molar-refractivity contribution in [3.05, 3.63) is 83.7 Å². The summed E-state index contributed by atoms with van der Waals surface area (Å²) in [5, 5.41) is 0. The van der Waals surface area contributed by atoms with E-state index in [4.69, 9.17) is 9.47 Å². The van der Waals surface area contributed by atoms with Crippen LogP contribution in [-0.4, -0.2) is 45.3 Å². The number of benzene rings is 3. The van der Waals surface area contributed by atoms with Gasteiger partial charge in [0.05, 0.1) is 9.79 Å². The van der Waals surface area contributed by atoms with Crippen LogP contribution >= 0.6 is 0 Å². The lowest BCUT2D eigenvalue weighted by molar-refractivity contribution is 0.174. The third-order valence-electron chi connectivity index (χ3n) is 6.82. The molecule has 0 unspecified atom stereocenters. The molecule has 5 rings (SSSR count). The highest BCUT2D eigenvalue weighted by Crippen LogP contribution is 2.34. The van der Waals surface area contributed by atoms with Crippen LogP contribution in [0.2, 0.25) is 0 Å². The summed E-state index contributed by atoms with van der Waals surface area (Å²) < 4.78 is 81.7. The van der Waals surface area contributed by atoms with Gasteiger partial charge in [0.25, 0.3) is 0 Å². The molecule has 8 nitrogen and oxygen atoms in total. The molecule has 3 aromatic rings. The maximum Gasteiger partial charge on any atom is 0.243 e. The third kappa shape index (κ3) is 5.42. The molecule has 2 heterocycles. The number of hydrogen-bond acceptors (Lipinski definition) is 6. The Labute approximate surface area is 222 Å². The van der Waals surface area contributed by atoms with Gasteiger partial charge < -0.3 is 9.47 Å². The molecule has 1 fully saturated rings. The minimum atomic E-state index is -4.14. The van der Waals surface area contributed by atoms with Gasteiger partial charge in [-0.2, -0.15) is 8.61 Å². The van der Waals surface area contributed by atoms with E-state index in [0.717, 1.165) is 12.8 Å². The Kier molecular flexibility index (Phi) is 7.45. The Morgan fingerprint density at radius 3 is 2.37 bits per heavy atom. The monoisotopic (exact) mass is 560 g/mol. The minimum absolute atomic E-state index is 0.0435. The molecule has 0 radical (unpaired) electrons. The number of ether oxygens (including phenoxy) is 2. The van der Waals surface area contributed by atoms with E-state index in [1.807, 2.05) is 6.92 Å². The summed E-state index contributed by atoms with van der Waals surface area (Å²) in [6, 6.07) is 16.4. The molecule has 3 aromatic carbocycles. The van der Waals surface area contributed by atoms with Crippen molar-refractivity contribution in [3.63, 3.8) is 0 Å². The fourth-order valence-corrected chi connectivity index (χ4v) is 7.74. The smallest absolute Gasteiger partial charge is 0.243 e. The lowest BCUT2D eigenvalue weighted by atomic mass is 10.0. The molecule has 2 aliphatic heterocycles. The first-order valence-corrected chi connectivity index (χ1v) is 15.2. The Hall–Kier alpha value is -2.99. The number of hydrogen-bond donors (Lipinski definition) is 0. The van der Waals surface area contributed by atoms with Crippen LogP contribution in [0.25, 0.3) is 0 Å². The van der Waals surface area contributed by atoms with E-state index in [1.165, 1.54) is 51.1 Å². The Morgan fingerprint density at radius 1 is 0.921 bits per heavy atom. The molecule has 2 aliphatic rings. The largest absolute Gasteiger partial charge is 0.454 e. The average Bonchev–Trinajstić information content (AvgIpc) is 3.37. The van der Waals surface area contributed by atoms with E-state index < -0.39 is 25.9 Å². The molecule has 0 amide bonds. The van der Waals surface area contributed by atoms with Crippen LogP contribution in [0, 0.1) is 11.7 Å². The molecule has 0 saturated carbocycles. The molecule has 0 spiro atoms. The van der Waals surface area contributed by atoms with Crippen molar-refractivity contribution in [2.24, 2.45) is 5.92 Å². The number of nitrogens with zero attached hydrogens (tertiary/aromatic N) is 2. The van der Waals surface area contributed by atoms with Gasteiger partial charge in [0, 0.05) is 31.7 Å². The molecule has 0 aliphatic carbocycles. The SMILES string of the molecule is C[C@H]1CCCN(S(=O)(=O)c2ccc(S(=O)(=O)N(Cc3ccc4c(c3)OCO4)Cc3ccccc3F)cc2)C1. The summed E-state index contributed by atoms with van der Waals surface area (Å²) in [4.78, 5) is -0.0393. The van der Waals surface area contributed by atoms with Gasteiger partial charge in [-0.1, -0.05) is 31.2 Å². The van der Waals surface area contributed by atoms with Crippen LogP contribution in [0.3, 0.4) is 0 Å². The van der Waals surface area contributed by atoms with Crippen molar-refractivity contribution in [3.8, 4) is 11.5 Å². The minimum Gasteiger partial charge on any atom is -0.454 e. The van der Waals surface area contributed by atoms with Gasteiger partial charge in [-0.05, 0) is 66.8 Å². The molecule has 11 heteroatoms. The summed E-state index contributed by atoms with van der Waals surface area (Å²) in [6.07, 6.45) is 1.77. The standard InChI is InChI=1S/C27H29FN2O6S2/c1-20-5-4-14-29(16-20)37(31,32)23-9-11-24(12-10-23)38(33,34)30(18-22-6-2-3-7-25(22)28)17-21-8-13-26-27(15-21)36-19-35-26/h2-3,6-13,15,20H,4-5,14,16-19H2,1H3/t20-/m0/s1. The maximum absolute atomic E-state index is 14.5. The van der Waals surface area contributed by atoms with E-state index in [2.05, 4.69) is 0 Å². The van der Waals surface area contributed by atoms with Gasteiger partial charge >= 0.3 is 0 Å². The van der Waals surface area contributed by atoms with E-state index in [-0.39, 0.29) is 41.2 Å². The van der Waals surface area contributed by atoms with Crippen molar-refractivity contribution >= 4 is 20.0 Å². The van der Waals surface area contributed by atoms with Crippen molar-refractivity contribution in [1.82, 2.24) is 8.61 Å². The summed E-state index contributed by atoms with van der Waals surface area (Å²) in [6.45, 7) is 2.71. The molecule has 0 aromatic heterocycles. The predicted octanol–water partition coefficient (Wildman–Crippen LogP) is 4.37. The highest BCUT2D eigenvalue weighted by molar-refractivity contribution is 7.89. The predicted molar refractivity (Wildman–Crippen MR) is 139 cm³/mol. The number of piperidine rings is 1. The van der Waals surface area contributed by atoms with Crippen LogP contribution in [0.1, 0.15) is 30.9 Å². The number of halogens is 1. The fraction of sp³-hybridized carbons (Fsp3) is 0.333. The molecule has 1 atom stereocenters. The summed E-state index contributed by atoms with van der Waals surface area (Å²) in [5.74, 6) is 0.821. The maximum atomic E-state index is 14.5. The number of rotatable bonds is 8. The van der Waals surface area contributed by atoms with E-state index >= 15 is 0 Å². The van der Waals surface area contributed by atoms with Crippen LogP contribution < -0.4 is 9.47 Å². The van der Waals surface area contributed by atoms with Crippen molar-refractivity contribution < 1.29 is 30.7 Å². The topological polar surface area (TPSA) is 93.2 Å². The quantitative estimate of drug-likeness (QED) is 0.406. The molecule has 1 saturated heterocycles. The van der Waals surface area contributed by atoms with E-state index in [9.17, 15) is 21.2 Å². The summed E-state index contributed by atoms with van der Waals surface area (Å²) in [7, 11) is -7.87. The van der Waals surface area contributed by atoms with E-state index in [1.54, 1.807) is 24.3 Å². The molecule has 0 bridgehead atoms. The Bertz CT molecular complexity index is 1530. The third-order valence-corrected chi connectivity index (χ3v) is 10.5. The first-order chi connectivity index (χ1) is 18.1. The van der Waals surface area contributed by atoms with Gasteiger partial charge in [-0.15, -0.1) is 0 Å². The zero-order valence-electron chi connectivity index (χ0n) is 20.9. The second kappa shape index (κ2) is 10.6. The second-order valence-electron chi connectivity index (χ2n) is 9.63. The van der Waals surface area contributed by atoms with Gasteiger partial charge in [-0.3, -0.25) is 0 Å². The van der Waals surface area contributed by atoms with Crippen LogP contribution in [-0.2, 0) is 33.1 Å². The Balaban J connectivity index is 1.45. The van der Waals surface area contributed by atoms with Gasteiger partial charge in [0.15, 0.2) is 11.5 Å². The van der Waals surface area contributed by atoms with Crippen molar-refractivity contribution in [2.75, 3.05) is 19.9 Å². The van der Waals surface area contributed by atoms with Crippen molar-refractivity contribution in [2.45, 2.75) is 42.6 Å². The molecule has 38 heavy (non-hydrogen) atoms. The first-order valence-electron chi connectivity index (χ1n) is 12.4. The zero-order valence-corrected chi connectivity index (χ0v) is 22.5. The van der Waals surface area contributed by atoms with Gasteiger partial charge in [-0.25, -0.2) is 21.2 Å². The Morgan fingerprint density at radius 2 is 1.63 bits per heavy atom. The van der Waals surface area contributed by atoms with Crippen LogP contribution in [0.15, 0.2) is 76.5 Å².